The molecule has 0 saturated carbocycles. The molecule has 1 atom stereocenters. The molecule has 3 rings (SSSR count). The van der Waals surface area contributed by atoms with Gasteiger partial charge in [-0.1, -0.05) is 47.5 Å². The van der Waals surface area contributed by atoms with Crippen molar-refractivity contribution < 1.29 is 27.4 Å². The van der Waals surface area contributed by atoms with Gasteiger partial charge in [0, 0.05) is 38.3 Å². The number of carbonyl (C=O) groups excluding carboxylic acids is 1. The molecule has 2 N–H and O–H groups in total. The van der Waals surface area contributed by atoms with Gasteiger partial charge in [-0.15, -0.1) is 13.2 Å². The zero-order chi connectivity index (χ0) is 23.1. The molecule has 2 aromatic carbocycles. The van der Waals surface area contributed by atoms with Crippen molar-refractivity contribution in [1.82, 2.24) is 15.5 Å². The van der Waals surface area contributed by atoms with Crippen LogP contribution in [-0.4, -0.2) is 49.6 Å². The van der Waals surface area contributed by atoms with E-state index in [1.54, 1.807) is 12.1 Å². The van der Waals surface area contributed by atoms with Gasteiger partial charge in [0.25, 0.3) is 0 Å². The van der Waals surface area contributed by atoms with Gasteiger partial charge in [-0.25, -0.2) is 4.79 Å². The Morgan fingerprint density at radius 2 is 1.94 bits per heavy atom. The first kappa shape index (κ1) is 24.4. The van der Waals surface area contributed by atoms with E-state index in [2.05, 4.69) is 20.3 Å². The summed E-state index contributed by atoms with van der Waals surface area (Å²) >= 11 is 12.0. The molecule has 0 radical (unpaired) electrons. The van der Waals surface area contributed by atoms with E-state index >= 15 is 0 Å². The summed E-state index contributed by atoms with van der Waals surface area (Å²) in [5.74, 6) is -0.353. The van der Waals surface area contributed by atoms with E-state index in [1.165, 1.54) is 18.2 Å². The van der Waals surface area contributed by atoms with E-state index in [1.807, 2.05) is 12.1 Å². The fourth-order valence-corrected chi connectivity index (χ4v) is 3.58. The molecule has 1 heterocycles. The van der Waals surface area contributed by atoms with E-state index < -0.39 is 12.4 Å². The number of nitrogens with one attached hydrogen (secondary N) is 2. The normalized spacial score (nSPS) is 17.1. The smallest absolute Gasteiger partial charge is 0.405 e. The van der Waals surface area contributed by atoms with Crippen LogP contribution in [0.15, 0.2) is 42.5 Å². The number of nitrogens with zero attached hydrogens (tertiary/aromatic N) is 1. The molecule has 1 aliphatic rings. The molecule has 1 fully saturated rings. The highest BCUT2D eigenvalue weighted by Gasteiger charge is 2.32. The second kappa shape index (κ2) is 11.1. The van der Waals surface area contributed by atoms with Gasteiger partial charge in [-0.3, -0.25) is 4.90 Å². The largest absolute Gasteiger partial charge is 0.573 e. The van der Waals surface area contributed by atoms with E-state index in [0.717, 1.165) is 12.1 Å². The van der Waals surface area contributed by atoms with Crippen LogP contribution < -0.4 is 15.4 Å². The summed E-state index contributed by atoms with van der Waals surface area (Å²) in [4.78, 5) is 14.3. The van der Waals surface area contributed by atoms with Crippen molar-refractivity contribution in [2.75, 3.05) is 26.2 Å². The summed E-state index contributed by atoms with van der Waals surface area (Å²) in [5, 5.41) is 6.21. The van der Waals surface area contributed by atoms with Crippen molar-refractivity contribution >= 4 is 29.2 Å². The lowest BCUT2D eigenvalue weighted by Gasteiger charge is -2.33. The number of morpholine rings is 1. The molecule has 32 heavy (non-hydrogen) atoms. The van der Waals surface area contributed by atoms with Crippen molar-refractivity contribution in [3.8, 4) is 5.75 Å². The quantitative estimate of drug-likeness (QED) is 0.594. The first-order valence-electron chi connectivity index (χ1n) is 9.83. The molecule has 0 aliphatic carbocycles. The third kappa shape index (κ3) is 7.74. The SMILES string of the molecule is O=C(NCc1ccccc1OC(F)(F)F)NCC1CN(Cc2ccc(Cl)c(Cl)c2)CCO1. The predicted molar refractivity (Wildman–Crippen MR) is 115 cm³/mol. The average Bonchev–Trinajstić information content (AvgIpc) is 2.73. The van der Waals surface area contributed by atoms with Crippen LogP contribution >= 0.6 is 23.2 Å². The Labute approximate surface area is 193 Å². The molecule has 6 nitrogen and oxygen atoms in total. The molecule has 11 heteroatoms. The van der Waals surface area contributed by atoms with Crippen molar-refractivity contribution in [3.05, 3.63) is 63.6 Å². The minimum atomic E-state index is -4.81. The Kier molecular flexibility index (Phi) is 8.47. The van der Waals surface area contributed by atoms with Gasteiger partial charge in [0.15, 0.2) is 0 Å². The van der Waals surface area contributed by atoms with Crippen LogP contribution in [0.2, 0.25) is 10.0 Å². The third-order valence-electron chi connectivity index (χ3n) is 4.74. The molecule has 174 valence electrons. The fraction of sp³-hybridized carbons (Fsp3) is 0.381. The number of hydrogen-bond acceptors (Lipinski definition) is 4. The first-order valence-corrected chi connectivity index (χ1v) is 10.6. The van der Waals surface area contributed by atoms with Crippen LogP contribution in [0.3, 0.4) is 0 Å². The number of amides is 2. The van der Waals surface area contributed by atoms with Gasteiger partial charge >= 0.3 is 12.4 Å². The molecular formula is C21H22Cl2F3N3O3. The van der Waals surface area contributed by atoms with Crippen LogP contribution in [0.25, 0.3) is 0 Å². The Bertz CT molecular complexity index is 931. The highest BCUT2D eigenvalue weighted by atomic mass is 35.5. The van der Waals surface area contributed by atoms with Gasteiger partial charge in [0.2, 0.25) is 0 Å². The molecule has 0 spiro atoms. The lowest BCUT2D eigenvalue weighted by atomic mass is 10.2. The van der Waals surface area contributed by atoms with Gasteiger partial charge < -0.3 is 20.1 Å². The number of halogens is 5. The molecule has 1 unspecified atom stereocenters. The lowest BCUT2D eigenvalue weighted by molar-refractivity contribution is -0.274. The van der Waals surface area contributed by atoms with E-state index in [4.69, 9.17) is 27.9 Å². The van der Waals surface area contributed by atoms with Crippen LogP contribution in [0, 0.1) is 0 Å². The van der Waals surface area contributed by atoms with Crippen LogP contribution in [0.1, 0.15) is 11.1 Å². The molecule has 2 amide bonds. The van der Waals surface area contributed by atoms with Crippen molar-refractivity contribution in [1.29, 1.82) is 0 Å². The fourth-order valence-electron chi connectivity index (χ4n) is 3.26. The number of para-hydroxylation sites is 1. The number of benzene rings is 2. The summed E-state index contributed by atoms with van der Waals surface area (Å²) < 4.78 is 47.2. The maximum Gasteiger partial charge on any atom is 0.573 e. The van der Waals surface area contributed by atoms with Gasteiger partial charge in [-0.2, -0.15) is 0 Å². The Morgan fingerprint density at radius 3 is 2.69 bits per heavy atom. The van der Waals surface area contributed by atoms with Crippen LogP contribution in [0.4, 0.5) is 18.0 Å². The van der Waals surface area contributed by atoms with E-state index in [9.17, 15) is 18.0 Å². The van der Waals surface area contributed by atoms with Crippen LogP contribution in [0.5, 0.6) is 5.75 Å². The van der Waals surface area contributed by atoms with E-state index in [-0.39, 0.29) is 30.5 Å². The topological polar surface area (TPSA) is 62.8 Å². The zero-order valence-electron chi connectivity index (χ0n) is 16.9. The number of rotatable bonds is 7. The van der Waals surface area contributed by atoms with Crippen molar-refractivity contribution in [3.63, 3.8) is 0 Å². The standard InChI is InChI=1S/C21H22Cl2F3N3O3/c22-17-6-5-14(9-18(17)23)12-29-7-8-31-16(13-29)11-28-20(30)27-10-15-3-1-2-4-19(15)32-21(24,25)26/h1-6,9,16H,7-8,10-13H2,(H2,27,28,30). The molecule has 0 bridgehead atoms. The summed E-state index contributed by atoms with van der Waals surface area (Å²) in [6, 6.07) is 10.6. The monoisotopic (exact) mass is 491 g/mol. The second-order valence-corrected chi connectivity index (χ2v) is 8.01. The molecular weight excluding hydrogens is 470 g/mol. The number of urea groups is 1. The highest BCUT2D eigenvalue weighted by molar-refractivity contribution is 6.42. The van der Waals surface area contributed by atoms with Crippen LogP contribution in [-0.2, 0) is 17.8 Å². The highest BCUT2D eigenvalue weighted by Crippen LogP contribution is 2.26. The van der Waals surface area contributed by atoms with Gasteiger partial charge in [-0.05, 0) is 23.8 Å². The second-order valence-electron chi connectivity index (χ2n) is 7.20. The molecule has 2 aromatic rings. The predicted octanol–water partition coefficient (Wildman–Crippen LogP) is 4.59. The number of carbonyl (C=O) groups is 1. The minimum absolute atomic E-state index is 0.118. The molecule has 0 aromatic heterocycles. The molecule has 1 saturated heterocycles. The van der Waals surface area contributed by atoms with Crippen molar-refractivity contribution in [2.24, 2.45) is 0 Å². The van der Waals surface area contributed by atoms with Gasteiger partial charge in [0.05, 0.1) is 22.8 Å². The Morgan fingerprint density at radius 1 is 1.16 bits per heavy atom. The van der Waals surface area contributed by atoms with Gasteiger partial charge in [0.1, 0.15) is 5.75 Å². The Balaban J connectivity index is 1.44. The number of hydrogen-bond donors (Lipinski definition) is 2. The summed E-state index contributed by atoms with van der Waals surface area (Å²) in [7, 11) is 0. The summed E-state index contributed by atoms with van der Waals surface area (Å²) in [6.45, 7) is 2.65. The maximum atomic E-state index is 12.5. The minimum Gasteiger partial charge on any atom is -0.405 e. The molecule has 1 aliphatic heterocycles. The lowest BCUT2D eigenvalue weighted by Crippen LogP contribution is -2.48. The summed E-state index contributed by atoms with van der Waals surface area (Å²) in [6.07, 6.45) is -5.03. The average molecular weight is 492 g/mol. The number of alkyl halides is 3. The van der Waals surface area contributed by atoms with E-state index in [0.29, 0.717) is 29.7 Å². The third-order valence-corrected chi connectivity index (χ3v) is 5.48. The summed E-state index contributed by atoms with van der Waals surface area (Å²) in [5.41, 5.74) is 1.23. The Hall–Kier alpha value is -2.20. The van der Waals surface area contributed by atoms with Crippen molar-refractivity contribution in [2.45, 2.75) is 25.6 Å². The zero-order valence-corrected chi connectivity index (χ0v) is 18.4. The number of ether oxygens (including phenoxy) is 2. The maximum absolute atomic E-state index is 12.5. The first-order chi connectivity index (χ1) is 15.2.